The maximum absolute atomic E-state index is 3.53. The number of hydrogen-bond acceptors (Lipinski definition) is 1. The van der Waals surface area contributed by atoms with Crippen molar-refractivity contribution in [2.75, 3.05) is 7.05 Å². The minimum atomic E-state index is 0.762. The van der Waals surface area contributed by atoms with Gasteiger partial charge in [-0.3, -0.25) is 0 Å². The largest absolute Gasteiger partial charge is 0.317 e. The van der Waals surface area contributed by atoms with Gasteiger partial charge >= 0.3 is 0 Å². The van der Waals surface area contributed by atoms with Crippen LogP contribution >= 0.6 is 0 Å². The molecule has 0 heterocycles. The third-order valence-corrected chi connectivity index (χ3v) is 4.53. The van der Waals surface area contributed by atoms with Crippen LogP contribution in [-0.4, -0.2) is 13.1 Å². The van der Waals surface area contributed by atoms with Gasteiger partial charge in [0.25, 0.3) is 0 Å². The third-order valence-electron chi connectivity index (χ3n) is 4.53. The summed E-state index contributed by atoms with van der Waals surface area (Å²) in [6.07, 6.45) is 17.5. The zero-order valence-corrected chi connectivity index (χ0v) is 12.1. The molecule has 1 aliphatic rings. The van der Waals surface area contributed by atoms with Gasteiger partial charge in [0.2, 0.25) is 0 Å². The van der Waals surface area contributed by atoms with Gasteiger partial charge in [-0.05, 0) is 32.2 Å². The van der Waals surface area contributed by atoms with Crippen LogP contribution in [-0.2, 0) is 0 Å². The Labute approximate surface area is 109 Å². The summed E-state index contributed by atoms with van der Waals surface area (Å²) in [6, 6.07) is 0.762. The van der Waals surface area contributed by atoms with E-state index in [1.807, 2.05) is 0 Å². The fourth-order valence-electron chi connectivity index (χ4n) is 3.37. The molecule has 1 nitrogen and oxygen atoms in total. The summed E-state index contributed by atoms with van der Waals surface area (Å²) >= 11 is 0. The first kappa shape index (κ1) is 15.0. The molecular weight excluding hydrogens is 206 g/mol. The Morgan fingerprint density at radius 2 is 1.24 bits per heavy atom. The van der Waals surface area contributed by atoms with Crippen LogP contribution in [0.3, 0.4) is 0 Å². The highest BCUT2D eigenvalue weighted by molar-refractivity contribution is 4.74. The van der Waals surface area contributed by atoms with Crippen LogP contribution in [0.15, 0.2) is 0 Å². The van der Waals surface area contributed by atoms with Crippen molar-refractivity contribution in [2.45, 2.75) is 90.0 Å². The smallest absolute Gasteiger partial charge is 0.00897 e. The fourth-order valence-corrected chi connectivity index (χ4v) is 3.37. The van der Waals surface area contributed by atoms with Crippen LogP contribution in [0.2, 0.25) is 0 Å². The summed E-state index contributed by atoms with van der Waals surface area (Å²) in [5.74, 6) is 0.935. The quantitative estimate of drug-likeness (QED) is 0.738. The number of nitrogens with one attached hydrogen (secondary N) is 1. The molecule has 0 bridgehead atoms. The van der Waals surface area contributed by atoms with Gasteiger partial charge < -0.3 is 5.32 Å². The van der Waals surface area contributed by atoms with E-state index in [0.29, 0.717) is 0 Å². The van der Waals surface area contributed by atoms with Crippen molar-refractivity contribution in [3.63, 3.8) is 0 Å². The highest BCUT2D eigenvalue weighted by Gasteiger charge is 2.17. The zero-order chi connectivity index (χ0) is 12.3. The van der Waals surface area contributed by atoms with Gasteiger partial charge in [-0.25, -0.2) is 0 Å². The summed E-state index contributed by atoms with van der Waals surface area (Å²) in [5.41, 5.74) is 0. The van der Waals surface area contributed by atoms with Crippen molar-refractivity contribution in [3.05, 3.63) is 0 Å². The molecule has 1 saturated carbocycles. The van der Waals surface area contributed by atoms with E-state index in [-0.39, 0.29) is 0 Å². The Morgan fingerprint density at radius 1 is 0.824 bits per heavy atom. The molecule has 0 aromatic carbocycles. The van der Waals surface area contributed by atoms with Gasteiger partial charge in [-0.15, -0.1) is 0 Å². The second kappa shape index (κ2) is 9.94. The van der Waals surface area contributed by atoms with Crippen molar-refractivity contribution in [1.82, 2.24) is 5.32 Å². The van der Waals surface area contributed by atoms with Gasteiger partial charge in [0, 0.05) is 6.04 Å². The lowest BCUT2D eigenvalue weighted by atomic mass is 9.86. The maximum atomic E-state index is 3.53. The Kier molecular flexibility index (Phi) is 8.78. The molecule has 0 aromatic heterocycles. The van der Waals surface area contributed by atoms with Gasteiger partial charge in [0.1, 0.15) is 0 Å². The Morgan fingerprint density at radius 3 is 1.59 bits per heavy atom. The lowest BCUT2D eigenvalue weighted by Crippen LogP contribution is -2.33. The van der Waals surface area contributed by atoms with Crippen LogP contribution in [0, 0.1) is 5.92 Å². The van der Waals surface area contributed by atoms with Gasteiger partial charge in [-0.1, -0.05) is 64.7 Å². The first-order valence-corrected chi connectivity index (χ1v) is 8.05. The standard InChI is InChI=1S/C16H33N/c1-3-16(17-2)15-13-11-9-7-5-4-6-8-10-12-14-15/h15-17H,3-14H2,1-2H3. The van der Waals surface area contributed by atoms with Crippen molar-refractivity contribution in [2.24, 2.45) is 5.92 Å². The second-order valence-electron chi connectivity index (χ2n) is 5.82. The van der Waals surface area contributed by atoms with Crippen LogP contribution in [0.1, 0.15) is 84.0 Å². The van der Waals surface area contributed by atoms with Crippen LogP contribution in [0.5, 0.6) is 0 Å². The molecule has 1 atom stereocenters. The number of rotatable bonds is 3. The summed E-state index contributed by atoms with van der Waals surface area (Å²) in [4.78, 5) is 0. The normalized spacial score (nSPS) is 23.6. The monoisotopic (exact) mass is 239 g/mol. The van der Waals surface area contributed by atoms with Crippen LogP contribution in [0.25, 0.3) is 0 Å². The molecule has 1 heteroatoms. The Balaban J connectivity index is 2.36. The number of hydrogen-bond donors (Lipinski definition) is 1. The molecule has 0 aromatic rings. The van der Waals surface area contributed by atoms with E-state index in [0.717, 1.165) is 12.0 Å². The molecule has 0 amide bonds. The van der Waals surface area contributed by atoms with Crippen molar-refractivity contribution in [3.8, 4) is 0 Å². The SMILES string of the molecule is CCC(NC)C1CCCCCCCCCCC1. The molecule has 1 unspecified atom stereocenters. The molecule has 0 saturated heterocycles. The maximum Gasteiger partial charge on any atom is 0.00897 e. The summed E-state index contributed by atoms with van der Waals surface area (Å²) in [7, 11) is 2.14. The van der Waals surface area contributed by atoms with Gasteiger partial charge in [0.05, 0.1) is 0 Å². The summed E-state index contributed by atoms with van der Waals surface area (Å²) in [5, 5.41) is 3.53. The Hall–Kier alpha value is -0.0400. The average molecular weight is 239 g/mol. The van der Waals surface area contributed by atoms with Crippen molar-refractivity contribution < 1.29 is 0 Å². The molecule has 1 N–H and O–H groups in total. The topological polar surface area (TPSA) is 12.0 Å². The molecule has 1 rings (SSSR count). The van der Waals surface area contributed by atoms with Crippen LogP contribution < -0.4 is 5.32 Å². The molecule has 0 aliphatic heterocycles. The van der Waals surface area contributed by atoms with Gasteiger partial charge in [-0.2, -0.15) is 0 Å². The summed E-state index contributed by atoms with van der Waals surface area (Å²) < 4.78 is 0. The lowest BCUT2D eigenvalue weighted by Gasteiger charge is -2.26. The molecule has 102 valence electrons. The van der Waals surface area contributed by atoms with E-state index in [1.165, 1.54) is 77.0 Å². The zero-order valence-electron chi connectivity index (χ0n) is 12.1. The molecular formula is C16H33N. The summed E-state index contributed by atoms with van der Waals surface area (Å²) in [6.45, 7) is 2.33. The minimum Gasteiger partial charge on any atom is -0.317 e. The first-order valence-electron chi connectivity index (χ1n) is 8.05. The molecule has 0 radical (unpaired) electrons. The average Bonchev–Trinajstić information content (AvgIpc) is 2.33. The first-order chi connectivity index (χ1) is 8.38. The third kappa shape index (κ3) is 6.45. The van der Waals surface area contributed by atoms with Crippen molar-refractivity contribution in [1.29, 1.82) is 0 Å². The predicted octanol–water partition coefficient (Wildman–Crippen LogP) is 4.91. The molecule has 0 spiro atoms. The Bertz CT molecular complexity index is 151. The molecule has 17 heavy (non-hydrogen) atoms. The molecule has 1 aliphatic carbocycles. The highest BCUT2D eigenvalue weighted by Crippen LogP contribution is 2.24. The predicted molar refractivity (Wildman–Crippen MR) is 77.4 cm³/mol. The van der Waals surface area contributed by atoms with E-state index in [9.17, 15) is 0 Å². The van der Waals surface area contributed by atoms with E-state index in [1.54, 1.807) is 0 Å². The van der Waals surface area contributed by atoms with E-state index in [4.69, 9.17) is 0 Å². The molecule has 1 fully saturated rings. The van der Waals surface area contributed by atoms with E-state index in [2.05, 4.69) is 19.3 Å². The van der Waals surface area contributed by atoms with E-state index < -0.39 is 0 Å². The van der Waals surface area contributed by atoms with Crippen molar-refractivity contribution >= 4 is 0 Å². The van der Waals surface area contributed by atoms with Crippen LogP contribution in [0.4, 0.5) is 0 Å². The second-order valence-corrected chi connectivity index (χ2v) is 5.82. The minimum absolute atomic E-state index is 0.762. The highest BCUT2D eigenvalue weighted by atomic mass is 14.9. The van der Waals surface area contributed by atoms with Gasteiger partial charge in [0.15, 0.2) is 0 Å². The fraction of sp³-hybridized carbons (Fsp3) is 1.00. The van der Waals surface area contributed by atoms with E-state index >= 15 is 0 Å². The lowest BCUT2D eigenvalue weighted by molar-refractivity contribution is 0.300.